The highest BCUT2D eigenvalue weighted by Gasteiger charge is 2.45. The van der Waals surface area contributed by atoms with Gasteiger partial charge in [-0.1, -0.05) is 0 Å². The lowest BCUT2D eigenvalue weighted by atomic mass is 10.2. The molecule has 0 saturated heterocycles. The van der Waals surface area contributed by atoms with Gasteiger partial charge in [-0.05, 0) is 33.0 Å². The van der Waals surface area contributed by atoms with E-state index in [9.17, 15) is 8.42 Å². The fourth-order valence-electron chi connectivity index (χ4n) is 1.78. The lowest BCUT2D eigenvalue weighted by Gasteiger charge is -2.23. The maximum absolute atomic E-state index is 11.1. The molecule has 1 aliphatic rings. The van der Waals surface area contributed by atoms with Gasteiger partial charge in [-0.2, -0.15) is 5.10 Å². The van der Waals surface area contributed by atoms with E-state index in [-0.39, 0.29) is 10.6 Å². The van der Waals surface area contributed by atoms with Crippen LogP contribution in [0.15, 0.2) is 17.3 Å². The quantitative estimate of drug-likeness (QED) is 0.783. The first-order chi connectivity index (χ1) is 7.33. The Bertz CT molecular complexity index is 487. The standard InChI is InChI=1S/C9H16N4O2S/c1-12(2)9(4-5-9)7-13-6-3-8(11-13)16(10,14)15/h3,6H,4-5,7H2,1-2H3,(H2,10,14,15). The maximum atomic E-state index is 11.1. The Balaban J connectivity index is 2.15. The van der Waals surface area contributed by atoms with Gasteiger partial charge in [0.05, 0.1) is 6.54 Å². The summed E-state index contributed by atoms with van der Waals surface area (Å²) < 4.78 is 23.8. The number of hydrogen-bond acceptors (Lipinski definition) is 4. The molecule has 90 valence electrons. The van der Waals surface area contributed by atoms with Crippen molar-refractivity contribution in [1.29, 1.82) is 0 Å². The molecule has 6 nitrogen and oxygen atoms in total. The lowest BCUT2D eigenvalue weighted by molar-refractivity contribution is 0.233. The van der Waals surface area contributed by atoms with Crippen LogP contribution in [0.1, 0.15) is 12.8 Å². The van der Waals surface area contributed by atoms with Gasteiger partial charge in [0.25, 0.3) is 10.0 Å². The minimum absolute atomic E-state index is 0.0675. The van der Waals surface area contributed by atoms with Gasteiger partial charge < -0.3 is 4.90 Å². The van der Waals surface area contributed by atoms with Crippen LogP contribution in [0.2, 0.25) is 0 Å². The first kappa shape index (κ1) is 11.6. The van der Waals surface area contributed by atoms with Crippen molar-refractivity contribution >= 4 is 10.0 Å². The molecule has 0 radical (unpaired) electrons. The van der Waals surface area contributed by atoms with Crippen LogP contribution >= 0.6 is 0 Å². The summed E-state index contributed by atoms with van der Waals surface area (Å²) in [5.41, 5.74) is 0.141. The number of hydrogen-bond donors (Lipinski definition) is 1. The minimum Gasteiger partial charge on any atom is -0.302 e. The molecule has 1 fully saturated rings. The largest absolute Gasteiger partial charge is 0.302 e. The normalized spacial score (nSPS) is 19.0. The number of rotatable bonds is 4. The molecule has 1 aromatic heterocycles. The van der Waals surface area contributed by atoms with Gasteiger partial charge in [0.1, 0.15) is 0 Å². The van der Waals surface area contributed by atoms with Crippen LogP contribution in [0.3, 0.4) is 0 Å². The zero-order valence-corrected chi connectivity index (χ0v) is 10.2. The van der Waals surface area contributed by atoms with Gasteiger partial charge in [-0.25, -0.2) is 13.6 Å². The van der Waals surface area contributed by atoms with Crippen LogP contribution in [-0.4, -0.2) is 42.7 Å². The predicted octanol–water partition coefficient (Wildman–Crippen LogP) is -0.375. The van der Waals surface area contributed by atoms with Gasteiger partial charge in [0, 0.05) is 11.7 Å². The highest BCUT2D eigenvalue weighted by atomic mass is 32.2. The first-order valence-electron chi connectivity index (χ1n) is 5.07. The van der Waals surface area contributed by atoms with E-state index in [2.05, 4.69) is 10.00 Å². The summed E-state index contributed by atoms with van der Waals surface area (Å²) in [5, 5.41) is 8.89. The SMILES string of the molecule is CN(C)C1(Cn2ccc(S(N)(=O)=O)n2)CC1. The van der Waals surface area contributed by atoms with Crippen LogP contribution in [0.5, 0.6) is 0 Å². The molecule has 0 unspecified atom stereocenters. The summed E-state index contributed by atoms with van der Waals surface area (Å²) in [7, 11) is 0.367. The molecule has 1 heterocycles. The Labute approximate surface area is 95.1 Å². The number of nitrogens with two attached hydrogens (primary N) is 1. The molecule has 1 aromatic rings. The van der Waals surface area contributed by atoms with Crippen molar-refractivity contribution in [3.8, 4) is 0 Å². The van der Waals surface area contributed by atoms with Crippen molar-refractivity contribution in [3.05, 3.63) is 12.3 Å². The molecular formula is C9H16N4O2S. The Kier molecular flexibility index (Phi) is 2.56. The summed E-state index contributed by atoms with van der Waals surface area (Å²) >= 11 is 0. The Hall–Kier alpha value is -0.920. The third kappa shape index (κ3) is 2.11. The van der Waals surface area contributed by atoms with Gasteiger partial charge in [0.15, 0.2) is 5.03 Å². The Morgan fingerprint density at radius 2 is 2.19 bits per heavy atom. The second-order valence-corrected chi connectivity index (χ2v) is 6.02. The molecule has 2 N–H and O–H groups in total. The summed E-state index contributed by atoms with van der Waals surface area (Å²) in [6.45, 7) is 0.704. The second kappa shape index (κ2) is 3.54. The van der Waals surface area contributed by atoms with E-state index in [4.69, 9.17) is 5.14 Å². The van der Waals surface area contributed by atoms with Crippen LogP contribution < -0.4 is 5.14 Å². The van der Waals surface area contributed by atoms with Crippen molar-refractivity contribution in [2.45, 2.75) is 30.0 Å². The number of nitrogens with zero attached hydrogens (tertiary/aromatic N) is 3. The van der Waals surface area contributed by atoms with Gasteiger partial charge in [0.2, 0.25) is 0 Å². The molecule has 0 aromatic carbocycles. The molecule has 0 spiro atoms. The molecule has 7 heteroatoms. The number of likely N-dealkylation sites (N-methyl/N-ethyl adjacent to an activating group) is 1. The zero-order chi connectivity index (χ0) is 12.0. The Morgan fingerprint density at radius 3 is 2.56 bits per heavy atom. The molecule has 2 rings (SSSR count). The Morgan fingerprint density at radius 1 is 1.56 bits per heavy atom. The zero-order valence-electron chi connectivity index (χ0n) is 9.42. The van der Waals surface area contributed by atoms with Gasteiger partial charge in [-0.15, -0.1) is 0 Å². The lowest BCUT2D eigenvalue weighted by Crippen LogP contribution is -2.34. The van der Waals surface area contributed by atoms with Crippen molar-refractivity contribution in [2.75, 3.05) is 14.1 Å². The molecule has 0 bridgehead atoms. The van der Waals surface area contributed by atoms with Crippen molar-refractivity contribution < 1.29 is 8.42 Å². The number of sulfonamides is 1. The molecule has 0 atom stereocenters. The third-order valence-corrected chi connectivity index (χ3v) is 3.94. The first-order valence-corrected chi connectivity index (χ1v) is 6.62. The molecule has 16 heavy (non-hydrogen) atoms. The second-order valence-electron chi connectivity index (χ2n) is 4.52. The number of aromatic nitrogens is 2. The third-order valence-electron chi connectivity index (χ3n) is 3.14. The minimum atomic E-state index is -3.68. The van der Waals surface area contributed by atoms with E-state index in [1.54, 1.807) is 10.9 Å². The van der Waals surface area contributed by atoms with Crippen LogP contribution in [0.25, 0.3) is 0 Å². The van der Waals surface area contributed by atoms with Crippen LogP contribution in [0.4, 0.5) is 0 Å². The van der Waals surface area contributed by atoms with Crippen LogP contribution in [-0.2, 0) is 16.6 Å². The molecule has 1 saturated carbocycles. The highest BCUT2D eigenvalue weighted by Crippen LogP contribution is 2.41. The van der Waals surface area contributed by atoms with Gasteiger partial charge in [-0.3, -0.25) is 4.68 Å². The average Bonchev–Trinajstić information content (AvgIpc) is 2.74. The van der Waals surface area contributed by atoms with Crippen LogP contribution in [0, 0.1) is 0 Å². The fourth-order valence-corrected chi connectivity index (χ4v) is 2.24. The summed E-state index contributed by atoms with van der Waals surface area (Å²) in [5.74, 6) is 0. The van der Waals surface area contributed by atoms with Crippen molar-refractivity contribution in [2.24, 2.45) is 5.14 Å². The summed E-state index contributed by atoms with van der Waals surface area (Å²) in [6, 6.07) is 1.43. The topological polar surface area (TPSA) is 81.2 Å². The molecular weight excluding hydrogens is 228 g/mol. The molecule has 0 aliphatic heterocycles. The van der Waals surface area contributed by atoms with Gasteiger partial charge >= 0.3 is 0 Å². The van der Waals surface area contributed by atoms with Crippen molar-refractivity contribution in [1.82, 2.24) is 14.7 Å². The number of primary sulfonamides is 1. The smallest absolute Gasteiger partial charge is 0.257 e. The summed E-state index contributed by atoms with van der Waals surface area (Å²) in [6.07, 6.45) is 3.89. The van der Waals surface area contributed by atoms with E-state index in [0.717, 1.165) is 12.8 Å². The monoisotopic (exact) mass is 244 g/mol. The summed E-state index contributed by atoms with van der Waals surface area (Å²) in [4.78, 5) is 2.16. The molecule has 1 aliphatic carbocycles. The molecule has 0 amide bonds. The average molecular weight is 244 g/mol. The van der Waals surface area contributed by atoms with Crippen molar-refractivity contribution in [3.63, 3.8) is 0 Å². The van der Waals surface area contributed by atoms with E-state index in [0.29, 0.717) is 6.54 Å². The maximum Gasteiger partial charge on any atom is 0.257 e. The predicted molar refractivity (Wildman–Crippen MR) is 59.3 cm³/mol. The highest BCUT2D eigenvalue weighted by molar-refractivity contribution is 7.89. The fraction of sp³-hybridized carbons (Fsp3) is 0.667. The van der Waals surface area contributed by atoms with E-state index in [1.807, 2.05) is 14.1 Å². The van der Waals surface area contributed by atoms with E-state index < -0.39 is 10.0 Å². The van der Waals surface area contributed by atoms with E-state index in [1.165, 1.54) is 6.07 Å². The van der Waals surface area contributed by atoms with E-state index >= 15 is 0 Å².